The Balaban J connectivity index is 2.14. The summed E-state index contributed by atoms with van der Waals surface area (Å²) in [7, 11) is 0. The smallest absolute Gasteiger partial charge is 0.276 e. The lowest BCUT2D eigenvalue weighted by Gasteiger charge is -2.14. The third-order valence-electron chi connectivity index (χ3n) is 2.89. The number of amides is 1. The monoisotopic (exact) mass is 257 g/mol. The number of H-pyrrole nitrogens is 1. The summed E-state index contributed by atoms with van der Waals surface area (Å²) < 4.78 is 0. The molecule has 0 aliphatic carbocycles. The van der Waals surface area contributed by atoms with Crippen LogP contribution in [-0.4, -0.2) is 16.1 Å². The first kappa shape index (κ1) is 13.3. The van der Waals surface area contributed by atoms with Crippen molar-refractivity contribution in [2.24, 2.45) is 0 Å². The van der Waals surface area contributed by atoms with Crippen molar-refractivity contribution in [2.45, 2.75) is 33.1 Å². The van der Waals surface area contributed by atoms with Gasteiger partial charge >= 0.3 is 0 Å². The summed E-state index contributed by atoms with van der Waals surface area (Å²) in [6.07, 6.45) is 0. The van der Waals surface area contributed by atoms with Crippen molar-refractivity contribution in [3.05, 3.63) is 47.3 Å². The Hall–Kier alpha value is -2.10. The molecule has 0 spiro atoms. The zero-order valence-electron chi connectivity index (χ0n) is 11.7. The maximum absolute atomic E-state index is 12.1. The predicted octanol–water partition coefficient (Wildman–Crippen LogP) is 3.27. The van der Waals surface area contributed by atoms with Crippen LogP contribution in [0.3, 0.4) is 0 Å². The highest BCUT2D eigenvalue weighted by Gasteiger charge is 2.19. The van der Waals surface area contributed by atoms with E-state index in [1.54, 1.807) is 6.07 Å². The number of nitrogens with one attached hydrogen (secondary N) is 2. The van der Waals surface area contributed by atoms with Gasteiger partial charge in [0.1, 0.15) is 0 Å². The highest BCUT2D eigenvalue weighted by Crippen LogP contribution is 2.20. The van der Waals surface area contributed by atoms with Crippen LogP contribution in [0.25, 0.3) is 0 Å². The summed E-state index contributed by atoms with van der Waals surface area (Å²) in [5.74, 6) is -0.197. The van der Waals surface area contributed by atoms with Crippen LogP contribution in [0, 0.1) is 6.92 Å². The molecule has 1 heterocycles. The number of carbonyl (C=O) groups excluding carboxylic acids is 1. The summed E-state index contributed by atoms with van der Waals surface area (Å²) in [5, 5.41) is 9.82. The molecule has 0 aliphatic rings. The van der Waals surface area contributed by atoms with Crippen LogP contribution in [0.2, 0.25) is 0 Å². The molecule has 1 aromatic heterocycles. The fourth-order valence-electron chi connectivity index (χ4n) is 1.74. The first-order valence-electron chi connectivity index (χ1n) is 6.30. The lowest BCUT2D eigenvalue weighted by Crippen LogP contribution is -2.13. The number of hydrogen-bond acceptors (Lipinski definition) is 2. The second kappa shape index (κ2) is 4.88. The fraction of sp³-hybridized carbons (Fsp3) is 0.333. The van der Waals surface area contributed by atoms with Crippen molar-refractivity contribution in [3.63, 3.8) is 0 Å². The third-order valence-corrected chi connectivity index (χ3v) is 2.89. The number of aromatic nitrogens is 2. The van der Waals surface area contributed by atoms with Crippen molar-refractivity contribution in [3.8, 4) is 0 Å². The van der Waals surface area contributed by atoms with E-state index in [1.807, 2.05) is 31.2 Å². The van der Waals surface area contributed by atoms with Crippen LogP contribution in [-0.2, 0) is 5.41 Å². The third kappa shape index (κ3) is 3.22. The van der Waals surface area contributed by atoms with Gasteiger partial charge in [0, 0.05) is 16.8 Å². The maximum Gasteiger partial charge on any atom is 0.276 e. The molecule has 0 unspecified atom stereocenters. The number of carbonyl (C=O) groups is 1. The molecule has 2 N–H and O–H groups in total. The molecule has 2 rings (SSSR count). The molecule has 0 bridgehead atoms. The van der Waals surface area contributed by atoms with E-state index in [2.05, 4.69) is 36.3 Å². The van der Waals surface area contributed by atoms with Gasteiger partial charge in [0.2, 0.25) is 0 Å². The summed E-state index contributed by atoms with van der Waals surface area (Å²) in [4.78, 5) is 12.1. The van der Waals surface area contributed by atoms with E-state index < -0.39 is 0 Å². The van der Waals surface area contributed by atoms with Crippen molar-refractivity contribution in [1.82, 2.24) is 10.2 Å². The molecule has 0 radical (unpaired) electrons. The number of benzene rings is 1. The van der Waals surface area contributed by atoms with Gasteiger partial charge in [0.05, 0.1) is 0 Å². The SMILES string of the molecule is Cc1cccc(NC(=O)c2cc(C(C)(C)C)[nH]n2)c1. The number of hydrogen-bond donors (Lipinski definition) is 2. The van der Waals surface area contributed by atoms with Crippen LogP contribution >= 0.6 is 0 Å². The van der Waals surface area contributed by atoms with Gasteiger partial charge in [-0.3, -0.25) is 9.89 Å². The average Bonchev–Trinajstić information content (AvgIpc) is 2.77. The molecule has 4 nitrogen and oxygen atoms in total. The Morgan fingerprint density at radius 3 is 2.58 bits per heavy atom. The van der Waals surface area contributed by atoms with Crippen LogP contribution in [0.5, 0.6) is 0 Å². The van der Waals surface area contributed by atoms with Crippen molar-refractivity contribution < 1.29 is 4.79 Å². The second-order valence-electron chi connectivity index (χ2n) is 5.74. The zero-order chi connectivity index (χ0) is 14.0. The van der Waals surface area contributed by atoms with Crippen molar-refractivity contribution in [1.29, 1.82) is 0 Å². The average molecular weight is 257 g/mol. The highest BCUT2D eigenvalue weighted by molar-refractivity contribution is 6.02. The Labute approximate surface area is 113 Å². The maximum atomic E-state index is 12.1. The standard InChI is InChI=1S/C15H19N3O/c1-10-6-5-7-11(8-10)16-14(19)12-9-13(18-17-12)15(2,3)4/h5-9H,1-4H3,(H,16,19)(H,17,18). The normalized spacial score (nSPS) is 11.4. The molecule has 0 saturated heterocycles. The predicted molar refractivity (Wildman–Crippen MR) is 76.4 cm³/mol. The number of anilines is 1. The Kier molecular flexibility index (Phi) is 3.42. The fourth-order valence-corrected chi connectivity index (χ4v) is 1.74. The molecule has 0 saturated carbocycles. The van der Waals surface area contributed by atoms with Gasteiger partial charge in [-0.25, -0.2) is 0 Å². The molecule has 1 amide bonds. The van der Waals surface area contributed by atoms with Gasteiger partial charge in [-0.1, -0.05) is 32.9 Å². The minimum atomic E-state index is -0.197. The van der Waals surface area contributed by atoms with E-state index in [9.17, 15) is 4.79 Å². The largest absolute Gasteiger partial charge is 0.321 e. The minimum absolute atomic E-state index is 0.0468. The van der Waals surface area contributed by atoms with Crippen LogP contribution in [0.15, 0.2) is 30.3 Å². The van der Waals surface area contributed by atoms with Gasteiger partial charge in [0.15, 0.2) is 5.69 Å². The summed E-state index contributed by atoms with van der Waals surface area (Å²) in [6.45, 7) is 8.20. The number of aromatic amines is 1. The molecule has 0 aliphatic heterocycles. The van der Waals surface area contributed by atoms with E-state index >= 15 is 0 Å². The highest BCUT2D eigenvalue weighted by atomic mass is 16.1. The number of nitrogens with zero attached hydrogens (tertiary/aromatic N) is 1. The quantitative estimate of drug-likeness (QED) is 0.867. The Morgan fingerprint density at radius 2 is 2.00 bits per heavy atom. The molecule has 0 fully saturated rings. The van der Waals surface area contributed by atoms with E-state index in [4.69, 9.17) is 0 Å². The van der Waals surface area contributed by atoms with E-state index in [1.165, 1.54) is 0 Å². The van der Waals surface area contributed by atoms with Gasteiger partial charge < -0.3 is 5.32 Å². The molecule has 1 aromatic carbocycles. The van der Waals surface area contributed by atoms with E-state index in [0.717, 1.165) is 16.9 Å². The molecule has 19 heavy (non-hydrogen) atoms. The minimum Gasteiger partial charge on any atom is -0.321 e. The van der Waals surface area contributed by atoms with Crippen molar-refractivity contribution in [2.75, 3.05) is 5.32 Å². The number of rotatable bonds is 2. The van der Waals surface area contributed by atoms with Crippen LogP contribution in [0.4, 0.5) is 5.69 Å². The zero-order valence-corrected chi connectivity index (χ0v) is 11.7. The summed E-state index contributed by atoms with van der Waals surface area (Å²) in [6, 6.07) is 9.49. The van der Waals surface area contributed by atoms with Gasteiger partial charge in [-0.2, -0.15) is 5.10 Å². The second-order valence-corrected chi connectivity index (χ2v) is 5.74. The molecule has 2 aromatic rings. The lowest BCUT2D eigenvalue weighted by atomic mass is 9.92. The van der Waals surface area contributed by atoms with Gasteiger partial charge in [-0.15, -0.1) is 0 Å². The number of aryl methyl sites for hydroxylation is 1. The summed E-state index contributed by atoms with van der Waals surface area (Å²) >= 11 is 0. The Bertz CT molecular complexity index is 593. The van der Waals surface area contributed by atoms with Gasteiger partial charge in [0.25, 0.3) is 5.91 Å². The molecule has 0 atom stereocenters. The first-order chi connectivity index (χ1) is 8.86. The van der Waals surface area contributed by atoms with Crippen LogP contribution < -0.4 is 5.32 Å². The molecular weight excluding hydrogens is 238 g/mol. The Morgan fingerprint density at radius 1 is 1.26 bits per heavy atom. The van der Waals surface area contributed by atoms with Crippen molar-refractivity contribution >= 4 is 11.6 Å². The lowest BCUT2D eigenvalue weighted by molar-refractivity contribution is 0.102. The van der Waals surface area contributed by atoms with E-state index in [-0.39, 0.29) is 11.3 Å². The summed E-state index contributed by atoms with van der Waals surface area (Å²) in [5.41, 5.74) is 3.20. The van der Waals surface area contributed by atoms with E-state index in [0.29, 0.717) is 5.69 Å². The van der Waals surface area contributed by atoms with Gasteiger partial charge in [-0.05, 0) is 30.7 Å². The molecular formula is C15H19N3O. The van der Waals surface area contributed by atoms with Crippen LogP contribution in [0.1, 0.15) is 42.5 Å². The first-order valence-corrected chi connectivity index (χ1v) is 6.30. The molecule has 4 heteroatoms. The topological polar surface area (TPSA) is 57.8 Å². The molecule has 100 valence electrons.